The van der Waals surface area contributed by atoms with E-state index in [1.807, 2.05) is 7.05 Å². The Morgan fingerprint density at radius 1 is 1.33 bits per heavy atom. The number of nitrogens with one attached hydrogen (secondary N) is 2. The predicted molar refractivity (Wildman–Crippen MR) is 52.7 cm³/mol. The largest absolute Gasteiger partial charge is 0.312 e. The van der Waals surface area contributed by atoms with Gasteiger partial charge in [0.15, 0.2) is 0 Å². The normalized spacial score (nSPS) is 12.7. The van der Waals surface area contributed by atoms with Crippen LogP contribution < -0.4 is 4.90 Å². The minimum Gasteiger partial charge on any atom is -0.312 e. The van der Waals surface area contributed by atoms with E-state index in [4.69, 9.17) is 5.41 Å². The molecule has 3 heteroatoms. The van der Waals surface area contributed by atoms with E-state index in [1.54, 1.807) is 0 Å². The molecule has 0 rings (SSSR count). The molecule has 0 aromatic heterocycles. The van der Waals surface area contributed by atoms with E-state index < -0.39 is 0 Å². The summed E-state index contributed by atoms with van der Waals surface area (Å²) in [5, 5.41) is 7.84. The maximum absolute atomic E-state index is 7.84. The maximum atomic E-state index is 7.84. The van der Waals surface area contributed by atoms with Crippen molar-refractivity contribution in [1.29, 1.82) is 5.41 Å². The number of hydrogen-bond acceptors (Lipinski definition) is 1. The number of rotatable bonds is 4. The highest BCUT2D eigenvalue weighted by atomic mass is 15.3. The Bertz CT molecular complexity index is 134. The van der Waals surface area contributed by atoms with Gasteiger partial charge in [-0.25, -0.2) is 5.41 Å². The summed E-state index contributed by atoms with van der Waals surface area (Å²) >= 11 is 0. The van der Waals surface area contributed by atoms with Gasteiger partial charge in [0.1, 0.15) is 0 Å². The number of quaternary nitrogens is 1. The summed E-state index contributed by atoms with van der Waals surface area (Å²) in [4.78, 5) is 3.31. The number of hydrogen-bond donors (Lipinski definition) is 2. The number of nitrogens with zero attached hydrogens (tertiary/aromatic N) is 1. The molecular weight excluding hydrogens is 150 g/mol. The molecule has 1 atom stereocenters. The summed E-state index contributed by atoms with van der Waals surface area (Å²) in [5.74, 6) is 0.724. The summed E-state index contributed by atoms with van der Waals surface area (Å²) < 4.78 is 0. The highest BCUT2D eigenvalue weighted by molar-refractivity contribution is 5.67. The van der Waals surface area contributed by atoms with Crippen molar-refractivity contribution >= 4 is 5.96 Å². The molecular formula is C9H22N3+. The lowest BCUT2D eigenvalue weighted by Crippen LogP contribution is -3.13. The molecule has 0 spiro atoms. The molecule has 0 aliphatic heterocycles. The van der Waals surface area contributed by atoms with Gasteiger partial charge in [-0.3, -0.25) is 4.90 Å². The molecule has 0 amide bonds. The quantitative estimate of drug-likeness (QED) is 0.460. The molecule has 0 aromatic carbocycles. The third-order valence-electron chi connectivity index (χ3n) is 2.13. The van der Waals surface area contributed by atoms with Crippen molar-refractivity contribution in [3.8, 4) is 0 Å². The molecule has 0 radical (unpaired) electrons. The Kier molecular flexibility index (Phi) is 5.72. The minimum atomic E-state index is 0.724. The molecule has 0 saturated carbocycles. The second-order valence-electron chi connectivity index (χ2n) is 3.06. The maximum Gasteiger partial charge on any atom is 0.295 e. The molecule has 0 aliphatic rings. The van der Waals surface area contributed by atoms with E-state index >= 15 is 0 Å². The SMILES string of the molecule is CCCN(CC)C(=N)[NH+](C)CC. The highest BCUT2D eigenvalue weighted by Crippen LogP contribution is 1.87. The molecule has 0 bridgehead atoms. The van der Waals surface area contributed by atoms with E-state index in [-0.39, 0.29) is 0 Å². The van der Waals surface area contributed by atoms with Gasteiger partial charge >= 0.3 is 0 Å². The van der Waals surface area contributed by atoms with E-state index in [1.165, 1.54) is 4.90 Å². The van der Waals surface area contributed by atoms with E-state index in [2.05, 4.69) is 25.7 Å². The summed E-state index contributed by atoms with van der Waals surface area (Å²) in [6.45, 7) is 9.30. The molecule has 3 nitrogen and oxygen atoms in total. The van der Waals surface area contributed by atoms with Gasteiger partial charge in [0.05, 0.1) is 13.6 Å². The standard InChI is InChI=1S/C9H21N3/c1-5-8-12(7-3)9(10)11(4)6-2/h10H,5-8H2,1-4H3/p+1. The lowest BCUT2D eigenvalue weighted by molar-refractivity contribution is -0.787. The van der Waals surface area contributed by atoms with Crippen molar-refractivity contribution < 1.29 is 4.90 Å². The summed E-state index contributed by atoms with van der Waals surface area (Å²) in [6.07, 6.45) is 1.12. The first kappa shape index (κ1) is 11.4. The highest BCUT2D eigenvalue weighted by Gasteiger charge is 2.14. The van der Waals surface area contributed by atoms with Crippen LogP contribution in [0.15, 0.2) is 0 Å². The smallest absolute Gasteiger partial charge is 0.295 e. The second kappa shape index (κ2) is 6.00. The van der Waals surface area contributed by atoms with Crippen LogP contribution in [0.1, 0.15) is 27.2 Å². The third-order valence-corrected chi connectivity index (χ3v) is 2.13. The van der Waals surface area contributed by atoms with Gasteiger partial charge in [-0.15, -0.1) is 0 Å². The fourth-order valence-electron chi connectivity index (χ4n) is 1.14. The van der Waals surface area contributed by atoms with E-state index in [9.17, 15) is 0 Å². The zero-order valence-corrected chi connectivity index (χ0v) is 8.78. The summed E-state index contributed by atoms with van der Waals surface area (Å²) in [7, 11) is 2.04. The van der Waals surface area contributed by atoms with Crippen molar-refractivity contribution in [2.24, 2.45) is 0 Å². The molecule has 0 heterocycles. The lowest BCUT2D eigenvalue weighted by atomic mass is 10.4. The van der Waals surface area contributed by atoms with Crippen molar-refractivity contribution in [2.75, 3.05) is 26.7 Å². The Morgan fingerprint density at radius 3 is 2.25 bits per heavy atom. The van der Waals surface area contributed by atoms with Crippen LogP contribution >= 0.6 is 0 Å². The monoisotopic (exact) mass is 172 g/mol. The average Bonchev–Trinajstić information content (AvgIpc) is 2.11. The van der Waals surface area contributed by atoms with Crippen LogP contribution in [0.3, 0.4) is 0 Å². The van der Waals surface area contributed by atoms with Gasteiger partial charge in [0, 0.05) is 13.1 Å². The van der Waals surface area contributed by atoms with Crippen molar-refractivity contribution in [1.82, 2.24) is 4.90 Å². The van der Waals surface area contributed by atoms with Crippen LogP contribution in [0, 0.1) is 5.41 Å². The zero-order valence-electron chi connectivity index (χ0n) is 8.78. The van der Waals surface area contributed by atoms with Gasteiger partial charge in [0.2, 0.25) is 0 Å². The topological polar surface area (TPSA) is 31.5 Å². The van der Waals surface area contributed by atoms with Gasteiger partial charge < -0.3 is 4.90 Å². The van der Waals surface area contributed by atoms with Gasteiger partial charge in [-0.05, 0) is 20.3 Å². The Labute approximate surface area is 75.9 Å². The van der Waals surface area contributed by atoms with Crippen LogP contribution in [-0.4, -0.2) is 37.5 Å². The van der Waals surface area contributed by atoms with Crippen LogP contribution in [0.25, 0.3) is 0 Å². The van der Waals surface area contributed by atoms with Crippen LogP contribution in [0.5, 0.6) is 0 Å². The first-order chi connectivity index (χ1) is 5.67. The Morgan fingerprint density at radius 2 is 1.92 bits per heavy atom. The minimum absolute atomic E-state index is 0.724. The first-order valence-electron chi connectivity index (χ1n) is 4.83. The van der Waals surface area contributed by atoms with E-state index in [0.29, 0.717) is 0 Å². The summed E-state index contributed by atoms with van der Waals surface area (Å²) in [5.41, 5.74) is 0. The second-order valence-corrected chi connectivity index (χ2v) is 3.06. The molecule has 0 fully saturated rings. The van der Waals surface area contributed by atoms with Crippen molar-refractivity contribution in [2.45, 2.75) is 27.2 Å². The van der Waals surface area contributed by atoms with Gasteiger partial charge in [-0.1, -0.05) is 6.92 Å². The van der Waals surface area contributed by atoms with Gasteiger partial charge in [-0.2, -0.15) is 0 Å². The Balaban J connectivity index is 4.01. The average molecular weight is 172 g/mol. The molecule has 0 saturated heterocycles. The summed E-state index contributed by atoms with van der Waals surface area (Å²) in [6, 6.07) is 0. The fraction of sp³-hybridized carbons (Fsp3) is 0.889. The van der Waals surface area contributed by atoms with E-state index in [0.717, 1.165) is 32.0 Å². The van der Waals surface area contributed by atoms with Crippen molar-refractivity contribution in [3.63, 3.8) is 0 Å². The third kappa shape index (κ3) is 3.22. The Hall–Kier alpha value is -0.570. The van der Waals surface area contributed by atoms with Crippen LogP contribution in [0.4, 0.5) is 0 Å². The first-order valence-corrected chi connectivity index (χ1v) is 4.83. The van der Waals surface area contributed by atoms with Crippen LogP contribution in [0.2, 0.25) is 0 Å². The molecule has 12 heavy (non-hydrogen) atoms. The van der Waals surface area contributed by atoms with Gasteiger partial charge in [0.25, 0.3) is 5.96 Å². The molecule has 0 aliphatic carbocycles. The molecule has 0 aromatic rings. The molecule has 1 unspecified atom stereocenters. The van der Waals surface area contributed by atoms with Crippen molar-refractivity contribution in [3.05, 3.63) is 0 Å². The molecule has 2 N–H and O–H groups in total. The number of guanidine groups is 1. The lowest BCUT2D eigenvalue weighted by Gasteiger charge is -2.24. The fourth-order valence-corrected chi connectivity index (χ4v) is 1.14. The molecule has 72 valence electrons. The van der Waals surface area contributed by atoms with Crippen LogP contribution in [-0.2, 0) is 0 Å². The predicted octanol–water partition coefficient (Wildman–Crippen LogP) is 0.188. The zero-order chi connectivity index (χ0) is 9.56.